The second-order valence-electron chi connectivity index (χ2n) is 2.79. The molecule has 0 bridgehead atoms. The highest BCUT2D eigenvalue weighted by atomic mass is 79.9. The van der Waals surface area contributed by atoms with E-state index in [1.54, 1.807) is 6.07 Å². The minimum Gasteiger partial charge on any atom is -0.618 e. The fourth-order valence-electron chi connectivity index (χ4n) is 0.796. The summed E-state index contributed by atoms with van der Waals surface area (Å²) in [6, 6.07) is 5.45. The van der Waals surface area contributed by atoms with Gasteiger partial charge in [-0.1, -0.05) is 0 Å². The molecule has 90 valence electrons. The van der Waals surface area contributed by atoms with Crippen LogP contribution in [0.15, 0.2) is 45.9 Å². The maximum absolute atomic E-state index is 12.1. The van der Waals surface area contributed by atoms with Crippen LogP contribution in [0, 0.1) is 16.8 Å². The van der Waals surface area contributed by atoms with Crippen LogP contribution in [-0.2, 0) is 0 Å². The molecule has 0 saturated heterocycles. The summed E-state index contributed by atoms with van der Waals surface area (Å²) in [5.41, 5.74) is 0. The number of rotatable bonds is 0. The second kappa shape index (κ2) is 6.61. The van der Waals surface area contributed by atoms with Gasteiger partial charge in [0.2, 0.25) is 6.20 Å². The van der Waals surface area contributed by atoms with E-state index in [1.807, 2.05) is 0 Å². The van der Waals surface area contributed by atoms with Crippen LogP contribution in [0.2, 0.25) is 0 Å². The Bertz CT molecular complexity index is 473. The molecule has 0 aromatic carbocycles. The lowest BCUT2D eigenvalue weighted by Gasteiger charge is -1.95. The van der Waals surface area contributed by atoms with Crippen LogP contribution in [0.25, 0.3) is 0 Å². The summed E-state index contributed by atoms with van der Waals surface area (Å²) in [4.78, 5) is 3.62. The van der Waals surface area contributed by atoms with Gasteiger partial charge in [0.15, 0.2) is 5.82 Å². The number of pyridine rings is 2. The van der Waals surface area contributed by atoms with Crippen molar-refractivity contribution in [1.82, 2.24) is 4.98 Å². The molecule has 0 aliphatic carbocycles. The first-order valence-corrected chi connectivity index (χ1v) is 5.89. The van der Waals surface area contributed by atoms with Gasteiger partial charge in [-0.15, -0.1) is 0 Å². The lowest BCUT2D eigenvalue weighted by molar-refractivity contribution is -0.618. The predicted molar refractivity (Wildman–Crippen MR) is 65.0 cm³/mol. The Morgan fingerprint density at radius 1 is 1.06 bits per heavy atom. The van der Waals surface area contributed by atoms with E-state index in [-0.39, 0.29) is 5.82 Å². The van der Waals surface area contributed by atoms with E-state index in [0.29, 0.717) is 13.9 Å². The molecule has 0 aliphatic heterocycles. The highest BCUT2D eigenvalue weighted by Gasteiger charge is 1.99. The molecule has 0 N–H and O–H groups in total. The van der Waals surface area contributed by atoms with Crippen molar-refractivity contribution in [3.63, 3.8) is 0 Å². The van der Waals surface area contributed by atoms with Crippen molar-refractivity contribution >= 4 is 31.9 Å². The molecule has 2 aromatic heterocycles. The van der Waals surface area contributed by atoms with Gasteiger partial charge in [0.05, 0.1) is 6.20 Å². The Hall–Kier alpha value is -1.08. The van der Waals surface area contributed by atoms with Gasteiger partial charge < -0.3 is 5.21 Å². The molecule has 3 nitrogen and oxygen atoms in total. The van der Waals surface area contributed by atoms with E-state index < -0.39 is 5.82 Å². The standard InChI is InChI=1S/C5H3BrFNO.C5H3BrFN/c6-5-2-1-4(7)3-8(5)9;6-5-2-1-4(7)3-8-5/h1-3H;1-3H. The van der Waals surface area contributed by atoms with E-state index in [0.717, 1.165) is 12.4 Å². The fraction of sp³-hybridized carbons (Fsp3) is 0. The molecule has 2 rings (SSSR count). The van der Waals surface area contributed by atoms with Crippen LogP contribution < -0.4 is 4.73 Å². The van der Waals surface area contributed by atoms with E-state index in [4.69, 9.17) is 0 Å². The van der Waals surface area contributed by atoms with Crippen molar-refractivity contribution in [2.45, 2.75) is 0 Å². The Kier molecular flexibility index (Phi) is 5.43. The number of halogens is 4. The zero-order chi connectivity index (χ0) is 12.8. The highest BCUT2D eigenvalue weighted by Crippen LogP contribution is 2.04. The van der Waals surface area contributed by atoms with Gasteiger partial charge in [-0.3, -0.25) is 0 Å². The van der Waals surface area contributed by atoms with Crippen molar-refractivity contribution in [2.75, 3.05) is 0 Å². The van der Waals surface area contributed by atoms with Crippen molar-refractivity contribution in [2.24, 2.45) is 0 Å². The summed E-state index contributed by atoms with van der Waals surface area (Å²) in [5, 5.41) is 10.5. The lowest BCUT2D eigenvalue weighted by atomic mass is 10.5. The monoisotopic (exact) mass is 366 g/mol. The van der Waals surface area contributed by atoms with Crippen LogP contribution in [0.3, 0.4) is 0 Å². The summed E-state index contributed by atoms with van der Waals surface area (Å²) < 4.78 is 25.5. The second-order valence-corrected chi connectivity index (χ2v) is 4.42. The van der Waals surface area contributed by atoms with E-state index >= 15 is 0 Å². The normalized spacial score (nSPS) is 9.41. The molecular formula is C10H6Br2F2N2O. The van der Waals surface area contributed by atoms with Gasteiger partial charge in [0.1, 0.15) is 10.4 Å². The maximum Gasteiger partial charge on any atom is 0.259 e. The molecule has 0 amide bonds. The van der Waals surface area contributed by atoms with Gasteiger partial charge in [-0.05, 0) is 34.1 Å². The Balaban J connectivity index is 0.000000171. The topological polar surface area (TPSA) is 39.8 Å². The van der Waals surface area contributed by atoms with E-state index in [1.165, 1.54) is 18.2 Å². The first-order chi connectivity index (χ1) is 7.99. The number of nitrogens with zero attached hydrogens (tertiary/aromatic N) is 2. The minimum atomic E-state index is -0.534. The summed E-state index contributed by atoms with van der Waals surface area (Å²) in [7, 11) is 0. The number of aromatic nitrogens is 2. The van der Waals surface area contributed by atoms with Gasteiger partial charge in [-0.25, -0.2) is 13.8 Å². The number of hydrogen-bond donors (Lipinski definition) is 0. The third-order valence-electron chi connectivity index (χ3n) is 1.52. The highest BCUT2D eigenvalue weighted by molar-refractivity contribution is 9.10. The van der Waals surface area contributed by atoms with Gasteiger partial charge >= 0.3 is 0 Å². The van der Waals surface area contributed by atoms with E-state index in [9.17, 15) is 14.0 Å². The van der Waals surface area contributed by atoms with Crippen LogP contribution in [0.4, 0.5) is 8.78 Å². The maximum atomic E-state index is 12.1. The molecule has 0 saturated carbocycles. The Labute approximate surface area is 113 Å². The van der Waals surface area contributed by atoms with Crippen molar-refractivity contribution in [3.05, 3.63) is 62.7 Å². The first-order valence-electron chi connectivity index (χ1n) is 4.30. The molecule has 0 unspecified atom stereocenters. The third kappa shape index (κ3) is 5.18. The summed E-state index contributed by atoms with van der Waals surface area (Å²) in [5.74, 6) is -0.846. The van der Waals surface area contributed by atoms with E-state index in [2.05, 4.69) is 36.8 Å². The van der Waals surface area contributed by atoms with Gasteiger partial charge in [0.25, 0.3) is 4.60 Å². The van der Waals surface area contributed by atoms with Gasteiger partial charge in [0, 0.05) is 22.0 Å². The third-order valence-corrected chi connectivity index (χ3v) is 2.61. The number of hydrogen-bond acceptors (Lipinski definition) is 2. The van der Waals surface area contributed by atoms with Crippen molar-refractivity contribution < 1.29 is 13.5 Å². The Morgan fingerprint density at radius 2 is 1.71 bits per heavy atom. The molecule has 17 heavy (non-hydrogen) atoms. The Morgan fingerprint density at radius 3 is 2.12 bits per heavy atom. The van der Waals surface area contributed by atoms with Gasteiger partial charge in [-0.2, -0.15) is 4.73 Å². The molecule has 2 heterocycles. The van der Waals surface area contributed by atoms with Crippen LogP contribution in [0.5, 0.6) is 0 Å². The summed E-state index contributed by atoms with van der Waals surface area (Å²) in [6.45, 7) is 0. The SMILES string of the molecule is Fc1ccc(Br)nc1.[O-][n+]1cc(F)ccc1Br. The first kappa shape index (κ1) is 14.0. The average Bonchev–Trinajstić information content (AvgIpc) is 2.29. The summed E-state index contributed by atoms with van der Waals surface area (Å²) in [6.07, 6.45) is 2.01. The lowest BCUT2D eigenvalue weighted by Crippen LogP contribution is -2.27. The molecule has 0 radical (unpaired) electrons. The van der Waals surface area contributed by atoms with Crippen LogP contribution in [-0.4, -0.2) is 4.98 Å². The van der Waals surface area contributed by atoms with Crippen LogP contribution in [0.1, 0.15) is 0 Å². The van der Waals surface area contributed by atoms with Crippen LogP contribution >= 0.6 is 31.9 Å². The molecule has 0 fully saturated rings. The molecule has 2 aromatic rings. The molecular weight excluding hydrogens is 362 g/mol. The van der Waals surface area contributed by atoms with Crippen molar-refractivity contribution in [3.8, 4) is 0 Å². The quantitative estimate of drug-likeness (QED) is 0.407. The fourth-order valence-corrected chi connectivity index (χ4v) is 1.27. The molecule has 0 aliphatic rings. The molecule has 0 spiro atoms. The summed E-state index contributed by atoms with van der Waals surface area (Å²) >= 11 is 5.98. The molecule has 7 heteroatoms. The zero-order valence-corrected chi connectivity index (χ0v) is 11.5. The van der Waals surface area contributed by atoms with Crippen molar-refractivity contribution in [1.29, 1.82) is 0 Å². The average molecular weight is 368 g/mol. The smallest absolute Gasteiger partial charge is 0.259 e. The minimum absolute atomic E-state index is 0.309. The zero-order valence-electron chi connectivity index (χ0n) is 8.28. The largest absolute Gasteiger partial charge is 0.618 e. The predicted octanol–water partition coefficient (Wildman–Crippen LogP) is 3.20. The molecule has 0 atom stereocenters.